The van der Waals surface area contributed by atoms with Crippen LogP contribution in [0.1, 0.15) is 31.4 Å². The van der Waals surface area contributed by atoms with Gasteiger partial charge in [-0.1, -0.05) is 11.6 Å². The van der Waals surface area contributed by atoms with Crippen molar-refractivity contribution < 1.29 is 13.2 Å². The zero-order valence-corrected chi connectivity index (χ0v) is 12.8. The fraction of sp³-hybridized carbons (Fsp3) is 0.467. The molecule has 0 amide bonds. The number of anilines is 1. The molecule has 1 aliphatic rings. The summed E-state index contributed by atoms with van der Waals surface area (Å²) in [6.45, 7) is 1.83. The van der Waals surface area contributed by atoms with Crippen molar-refractivity contribution in [1.29, 1.82) is 0 Å². The highest BCUT2D eigenvalue weighted by atomic mass is 35.5. The summed E-state index contributed by atoms with van der Waals surface area (Å²) >= 11 is 6.02. The van der Waals surface area contributed by atoms with Crippen molar-refractivity contribution in [1.82, 2.24) is 9.97 Å². The van der Waals surface area contributed by atoms with E-state index in [2.05, 4.69) is 15.3 Å². The highest BCUT2D eigenvalue weighted by molar-refractivity contribution is 6.29. The van der Waals surface area contributed by atoms with Gasteiger partial charge in [0.25, 0.3) is 0 Å². The molecule has 0 bridgehead atoms. The van der Waals surface area contributed by atoms with E-state index in [4.69, 9.17) is 16.0 Å². The van der Waals surface area contributed by atoms with Crippen molar-refractivity contribution in [2.24, 2.45) is 0 Å². The van der Waals surface area contributed by atoms with Crippen LogP contribution in [0.2, 0.25) is 5.15 Å². The van der Waals surface area contributed by atoms with Crippen molar-refractivity contribution in [3.63, 3.8) is 0 Å². The van der Waals surface area contributed by atoms with Gasteiger partial charge in [-0.3, -0.25) is 0 Å². The molecule has 4 nitrogen and oxygen atoms in total. The highest BCUT2D eigenvalue weighted by Crippen LogP contribution is 2.34. The maximum absolute atomic E-state index is 13.2. The van der Waals surface area contributed by atoms with E-state index in [-0.39, 0.29) is 24.0 Å². The highest BCUT2D eigenvalue weighted by Gasteiger charge is 2.34. The van der Waals surface area contributed by atoms with E-state index in [0.717, 1.165) is 5.76 Å². The van der Waals surface area contributed by atoms with Gasteiger partial charge < -0.3 is 9.73 Å². The SMILES string of the molecule is Cc1ccc(-c2nc(Cl)cc(NC3CCC(F)(F)CC3)n2)o1. The number of hydrogen-bond donors (Lipinski definition) is 1. The summed E-state index contributed by atoms with van der Waals surface area (Å²) < 4.78 is 31.8. The van der Waals surface area contributed by atoms with Crippen LogP contribution in [-0.2, 0) is 0 Å². The number of aryl methyl sites for hydroxylation is 1. The van der Waals surface area contributed by atoms with E-state index in [1.54, 1.807) is 12.1 Å². The Kier molecular flexibility index (Phi) is 4.04. The summed E-state index contributed by atoms with van der Waals surface area (Å²) in [6.07, 6.45) is 0.606. The van der Waals surface area contributed by atoms with Crippen LogP contribution in [0.4, 0.5) is 14.6 Å². The van der Waals surface area contributed by atoms with E-state index in [1.807, 2.05) is 13.0 Å². The molecule has 0 aliphatic heterocycles. The van der Waals surface area contributed by atoms with Gasteiger partial charge in [0.05, 0.1) is 0 Å². The van der Waals surface area contributed by atoms with Crippen molar-refractivity contribution in [2.45, 2.75) is 44.6 Å². The van der Waals surface area contributed by atoms with Crippen molar-refractivity contribution >= 4 is 17.4 Å². The second-order valence-corrected chi connectivity index (χ2v) is 5.97. The van der Waals surface area contributed by atoms with Gasteiger partial charge in [-0.2, -0.15) is 0 Å². The quantitative estimate of drug-likeness (QED) is 0.831. The van der Waals surface area contributed by atoms with E-state index < -0.39 is 5.92 Å². The molecule has 1 fully saturated rings. The molecule has 0 atom stereocenters. The van der Waals surface area contributed by atoms with Gasteiger partial charge in [0, 0.05) is 24.9 Å². The van der Waals surface area contributed by atoms with Gasteiger partial charge in [-0.15, -0.1) is 0 Å². The minimum absolute atomic E-state index is 0.0308. The largest absolute Gasteiger partial charge is 0.458 e. The van der Waals surface area contributed by atoms with Crippen LogP contribution in [0.3, 0.4) is 0 Å². The molecule has 22 heavy (non-hydrogen) atoms. The van der Waals surface area contributed by atoms with E-state index in [0.29, 0.717) is 30.2 Å². The fourth-order valence-corrected chi connectivity index (χ4v) is 2.73. The molecule has 2 aromatic rings. The minimum atomic E-state index is -2.54. The van der Waals surface area contributed by atoms with E-state index in [9.17, 15) is 8.78 Å². The predicted molar refractivity (Wildman–Crippen MR) is 80.3 cm³/mol. The lowest BCUT2D eigenvalue weighted by Gasteiger charge is -2.29. The Morgan fingerprint density at radius 1 is 1.27 bits per heavy atom. The van der Waals surface area contributed by atoms with Gasteiger partial charge in [0.1, 0.15) is 16.7 Å². The minimum Gasteiger partial charge on any atom is -0.458 e. The Morgan fingerprint density at radius 2 is 2.00 bits per heavy atom. The lowest BCUT2D eigenvalue weighted by Crippen LogP contribution is -2.32. The fourth-order valence-electron chi connectivity index (χ4n) is 2.55. The standard InChI is InChI=1S/C15H16ClF2N3O/c1-9-2-3-11(22-9)14-20-12(16)8-13(21-14)19-10-4-6-15(17,18)7-5-10/h2-3,8,10H,4-7H2,1H3,(H,19,20,21). The van der Waals surface area contributed by atoms with Crippen LogP contribution >= 0.6 is 11.6 Å². The van der Waals surface area contributed by atoms with Gasteiger partial charge in [0.15, 0.2) is 11.6 Å². The molecular formula is C15H16ClF2N3O. The number of aromatic nitrogens is 2. The maximum Gasteiger partial charge on any atom is 0.248 e. The van der Waals surface area contributed by atoms with Crippen LogP contribution in [0.25, 0.3) is 11.6 Å². The van der Waals surface area contributed by atoms with Crippen LogP contribution in [-0.4, -0.2) is 21.9 Å². The zero-order valence-electron chi connectivity index (χ0n) is 12.1. The molecule has 2 heterocycles. The van der Waals surface area contributed by atoms with Crippen LogP contribution < -0.4 is 5.32 Å². The Balaban J connectivity index is 1.76. The van der Waals surface area contributed by atoms with Gasteiger partial charge >= 0.3 is 0 Å². The average Bonchev–Trinajstić information content (AvgIpc) is 2.87. The lowest BCUT2D eigenvalue weighted by atomic mass is 9.92. The van der Waals surface area contributed by atoms with Crippen LogP contribution in [0.15, 0.2) is 22.6 Å². The first-order valence-corrected chi connectivity index (χ1v) is 7.55. The molecule has 3 rings (SSSR count). The second kappa shape index (κ2) is 5.83. The molecular weight excluding hydrogens is 312 g/mol. The van der Waals surface area contributed by atoms with Crippen molar-refractivity contribution in [3.05, 3.63) is 29.1 Å². The van der Waals surface area contributed by atoms with Gasteiger partial charge in [-0.05, 0) is 31.9 Å². The molecule has 0 spiro atoms. The van der Waals surface area contributed by atoms with E-state index >= 15 is 0 Å². The Morgan fingerprint density at radius 3 is 2.64 bits per heavy atom. The molecule has 0 aromatic carbocycles. The first-order valence-electron chi connectivity index (χ1n) is 7.17. The van der Waals surface area contributed by atoms with Gasteiger partial charge in [-0.25, -0.2) is 18.7 Å². The summed E-state index contributed by atoms with van der Waals surface area (Å²) in [5.41, 5.74) is 0. The van der Waals surface area contributed by atoms with Crippen molar-refractivity contribution in [2.75, 3.05) is 5.32 Å². The zero-order chi connectivity index (χ0) is 15.7. The molecule has 1 aliphatic carbocycles. The number of nitrogens with one attached hydrogen (secondary N) is 1. The monoisotopic (exact) mass is 327 g/mol. The normalized spacial score (nSPS) is 18.4. The molecule has 0 radical (unpaired) electrons. The summed E-state index contributed by atoms with van der Waals surface area (Å²) in [5, 5.41) is 3.45. The number of alkyl halides is 2. The Hall–Kier alpha value is -1.69. The summed E-state index contributed by atoms with van der Waals surface area (Å²) in [7, 11) is 0. The number of hydrogen-bond acceptors (Lipinski definition) is 4. The summed E-state index contributed by atoms with van der Waals surface area (Å²) in [6, 6.07) is 5.15. The van der Waals surface area contributed by atoms with E-state index in [1.165, 1.54) is 0 Å². The third-order valence-electron chi connectivity index (χ3n) is 3.72. The third-order valence-corrected chi connectivity index (χ3v) is 3.92. The lowest BCUT2D eigenvalue weighted by molar-refractivity contribution is -0.0361. The number of halogens is 3. The Bertz CT molecular complexity index is 665. The molecule has 118 valence electrons. The number of furan rings is 1. The molecule has 0 unspecified atom stereocenters. The summed E-state index contributed by atoms with van der Waals surface area (Å²) in [5.74, 6) is -0.359. The van der Waals surface area contributed by atoms with Crippen LogP contribution in [0.5, 0.6) is 0 Å². The predicted octanol–water partition coefficient (Wildman–Crippen LogP) is 4.69. The Labute approximate surface area is 131 Å². The topological polar surface area (TPSA) is 51.0 Å². The average molecular weight is 328 g/mol. The smallest absolute Gasteiger partial charge is 0.248 e. The third kappa shape index (κ3) is 3.55. The maximum atomic E-state index is 13.2. The number of rotatable bonds is 3. The number of nitrogens with zero attached hydrogens (tertiary/aromatic N) is 2. The van der Waals surface area contributed by atoms with Crippen LogP contribution in [0, 0.1) is 6.92 Å². The molecule has 7 heteroatoms. The van der Waals surface area contributed by atoms with Gasteiger partial charge in [0.2, 0.25) is 5.92 Å². The second-order valence-electron chi connectivity index (χ2n) is 5.58. The molecule has 0 saturated heterocycles. The molecule has 1 saturated carbocycles. The molecule has 2 aromatic heterocycles. The van der Waals surface area contributed by atoms with Crippen molar-refractivity contribution in [3.8, 4) is 11.6 Å². The first kappa shape index (κ1) is 15.2. The first-order chi connectivity index (χ1) is 10.4. The summed E-state index contributed by atoms with van der Waals surface area (Å²) in [4.78, 5) is 8.49. The molecule has 1 N–H and O–H groups in total.